The van der Waals surface area contributed by atoms with Gasteiger partial charge in [-0.25, -0.2) is 13.2 Å². The molecule has 0 heterocycles. The van der Waals surface area contributed by atoms with E-state index >= 15 is 0 Å². The average Bonchev–Trinajstić information content (AvgIpc) is 2.41. The van der Waals surface area contributed by atoms with Crippen LogP contribution in [0, 0.1) is 17.5 Å². The molecule has 0 saturated heterocycles. The molecule has 19 heavy (non-hydrogen) atoms. The topological polar surface area (TPSA) is 12.0 Å². The second kappa shape index (κ2) is 5.89. The van der Waals surface area contributed by atoms with Crippen molar-refractivity contribution in [1.82, 2.24) is 5.32 Å². The summed E-state index contributed by atoms with van der Waals surface area (Å²) < 4.78 is 40.4. The molecule has 0 unspecified atom stereocenters. The van der Waals surface area contributed by atoms with E-state index in [1.54, 1.807) is 0 Å². The molecule has 0 saturated carbocycles. The third kappa shape index (κ3) is 3.15. The summed E-state index contributed by atoms with van der Waals surface area (Å²) in [5, 5.41) is 3.00. The van der Waals surface area contributed by atoms with Crippen molar-refractivity contribution in [3.05, 3.63) is 59.4 Å². The summed E-state index contributed by atoms with van der Waals surface area (Å²) in [6.45, 7) is 2.97. The van der Waals surface area contributed by atoms with Crippen LogP contribution in [0.1, 0.15) is 12.5 Å². The molecule has 0 aromatic heterocycles. The first-order chi connectivity index (χ1) is 9.11. The van der Waals surface area contributed by atoms with E-state index in [0.29, 0.717) is 24.2 Å². The number of halogens is 3. The zero-order valence-corrected chi connectivity index (χ0v) is 10.5. The molecule has 0 bridgehead atoms. The van der Waals surface area contributed by atoms with Gasteiger partial charge >= 0.3 is 0 Å². The molecule has 0 atom stereocenters. The van der Waals surface area contributed by atoms with Crippen LogP contribution < -0.4 is 5.32 Å². The highest BCUT2D eigenvalue weighted by molar-refractivity contribution is 5.65. The minimum Gasteiger partial charge on any atom is -0.313 e. The second-order valence-electron chi connectivity index (χ2n) is 4.21. The minimum absolute atomic E-state index is 0.137. The highest BCUT2D eigenvalue weighted by Crippen LogP contribution is 2.25. The molecule has 1 N–H and O–H groups in total. The van der Waals surface area contributed by atoms with Crippen LogP contribution in [-0.4, -0.2) is 6.54 Å². The van der Waals surface area contributed by atoms with E-state index < -0.39 is 11.6 Å². The van der Waals surface area contributed by atoms with Gasteiger partial charge in [0.25, 0.3) is 0 Å². The van der Waals surface area contributed by atoms with Crippen LogP contribution >= 0.6 is 0 Å². The predicted octanol–water partition coefficient (Wildman–Crippen LogP) is 3.88. The Balaban J connectivity index is 2.42. The summed E-state index contributed by atoms with van der Waals surface area (Å²) in [6.07, 6.45) is 0. The van der Waals surface area contributed by atoms with Crippen molar-refractivity contribution in [1.29, 1.82) is 0 Å². The van der Waals surface area contributed by atoms with Gasteiger partial charge in [-0.15, -0.1) is 0 Å². The standard InChI is InChI=1S/C15H14F3N/c1-2-19-9-11-7-10(3-5-14(11)17)13-8-12(16)4-6-15(13)18/h3-8,19H,2,9H2,1H3. The quantitative estimate of drug-likeness (QED) is 0.884. The van der Waals surface area contributed by atoms with Gasteiger partial charge < -0.3 is 5.32 Å². The third-order valence-corrected chi connectivity index (χ3v) is 2.85. The van der Waals surface area contributed by atoms with Crippen molar-refractivity contribution >= 4 is 0 Å². The van der Waals surface area contributed by atoms with Crippen molar-refractivity contribution in [2.45, 2.75) is 13.5 Å². The van der Waals surface area contributed by atoms with Gasteiger partial charge in [0.15, 0.2) is 0 Å². The van der Waals surface area contributed by atoms with E-state index in [1.165, 1.54) is 18.2 Å². The van der Waals surface area contributed by atoms with Crippen LogP contribution in [0.2, 0.25) is 0 Å². The molecule has 2 aromatic rings. The lowest BCUT2D eigenvalue weighted by Crippen LogP contribution is -2.13. The predicted molar refractivity (Wildman–Crippen MR) is 69.1 cm³/mol. The molecule has 0 aliphatic rings. The molecule has 2 aromatic carbocycles. The Hall–Kier alpha value is -1.81. The summed E-state index contributed by atoms with van der Waals surface area (Å²) in [5.74, 6) is -1.40. The van der Waals surface area contributed by atoms with Crippen molar-refractivity contribution in [3.8, 4) is 11.1 Å². The Kier molecular flexibility index (Phi) is 4.22. The minimum atomic E-state index is -0.526. The smallest absolute Gasteiger partial charge is 0.131 e. The largest absolute Gasteiger partial charge is 0.313 e. The van der Waals surface area contributed by atoms with Crippen LogP contribution in [0.5, 0.6) is 0 Å². The van der Waals surface area contributed by atoms with Gasteiger partial charge in [-0.1, -0.05) is 13.0 Å². The van der Waals surface area contributed by atoms with Crippen LogP contribution in [0.15, 0.2) is 36.4 Å². The van der Waals surface area contributed by atoms with Gasteiger partial charge in [0, 0.05) is 17.7 Å². The highest BCUT2D eigenvalue weighted by Gasteiger charge is 2.09. The molecule has 0 fully saturated rings. The van der Waals surface area contributed by atoms with Gasteiger partial charge in [0.1, 0.15) is 17.5 Å². The Bertz CT molecular complexity index is 582. The first kappa shape index (κ1) is 13.6. The molecular formula is C15H14F3N. The molecule has 1 nitrogen and oxygen atoms in total. The first-order valence-electron chi connectivity index (χ1n) is 6.06. The Morgan fingerprint density at radius 1 is 0.947 bits per heavy atom. The molecule has 4 heteroatoms. The fourth-order valence-corrected chi connectivity index (χ4v) is 1.86. The van der Waals surface area contributed by atoms with Crippen molar-refractivity contribution in [2.24, 2.45) is 0 Å². The average molecular weight is 265 g/mol. The zero-order valence-electron chi connectivity index (χ0n) is 10.5. The molecular weight excluding hydrogens is 251 g/mol. The van der Waals surface area contributed by atoms with Gasteiger partial charge in [0.05, 0.1) is 0 Å². The number of hydrogen-bond acceptors (Lipinski definition) is 1. The molecule has 2 rings (SSSR count). The monoisotopic (exact) mass is 265 g/mol. The number of rotatable bonds is 4. The summed E-state index contributed by atoms with van der Waals surface area (Å²) in [6, 6.07) is 7.49. The summed E-state index contributed by atoms with van der Waals surface area (Å²) >= 11 is 0. The molecule has 0 radical (unpaired) electrons. The first-order valence-corrected chi connectivity index (χ1v) is 6.06. The van der Waals surface area contributed by atoms with E-state index in [4.69, 9.17) is 0 Å². The van der Waals surface area contributed by atoms with E-state index in [2.05, 4.69) is 5.32 Å². The lowest BCUT2D eigenvalue weighted by molar-refractivity contribution is 0.592. The van der Waals surface area contributed by atoms with Crippen molar-refractivity contribution in [2.75, 3.05) is 6.54 Å². The number of nitrogens with one attached hydrogen (secondary N) is 1. The van der Waals surface area contributed by atoms with Gasteiger partial charge in [0.2, 0.25) is 0 Å². The summed E-state index contributed by atoms with van der Waals surface area (Å²) in [4.78, 5) is 0. The molecule has 0 spiro atoms. The molecule has 0 aliphatic heterocycles. The van der Waals surface area contributed by atoms with E-state index in [0.717, 1.165) is 18.2 Å². The maximum Gasteiger partial charge on any atom is 0.131 e. The maximum absolute atomic E-state index is 13.7. The number of hydrogen-bond donors (Lipinski definition) is 1. The highest BCUT2D eigenvalue weighted by atomic mass is 19.1. The van der Waals surface area contributed by atoms with Crippen LogP contribution in [-0.2, 0) is 6.54 Å². The molecule has 0 aliphatic carbocycles. The SMILES string of the molecule is CCNCc1cc(-c2cc(F)ccc2F)ccc1F. The van der Waals surface area contributed by atoms with Gasteiger partial charge in [-0.05, 0) is 42.4 Å². The van der Waals surface area contributed by atoms with Crippen LogP contribution in [0.3, 0.4) is 0 Å². The third-order valence-electron chi connectivity index (χ3n) is 2.85. The lowest BCUT2D eigenvalue weighted by Gasteiger charge is -2.08. The van der Waals surface area contributed by atoms with E-state index in [1.807, 2.05) is 6.92 Å². The molecule has 100 valence electrons. The lowest BCUT2D eigenvalue weighted by atomic mass is 10.0. The molecule has 0 amide bonds. The van der Waals surface area contributed by atoms with Crippen LogP contribution in [0.25, 0.3) is 11.1 Å². The van der Waals surface area contributed by atoms with Crippen molar-refractivity contribution in [3.63, 3.8) is 0 Å². The summed E-state index contributed by atoms with van der Waals surface area (Å²) in [5.41, 5.74) is 1.03. The Morgan fingerprint density at radius 2 is 1.68 bits per heavy atom. The second-order valence-corrected chi connectivity index (χ2v) is 4.21. The Morgan fingerprint density at radius 3 is 2.42 bits per heavy atom. The van der Waals surface area contributed by atoms with Crippen LogP contribution in [0.4, 0.5) is 13.2 Å². The maximum atomic E-state index is 13.7. The van der Waals surface area contributed by atoms with Gasteiger partial charge in [-0.2, -0.15) is 0 Å². The normalized spacial score (nSPS) is 10.7. The van der Waals surface area contributed by atoms with E-state index in [9.17, 15) is 13.2 Å². The zero-order chi connectivity index (χ0) is 13.8. The fraction of sp³-hybridized carbons (Fsp3) is 0.200. The van der Waals surface area contributed by atoms with E-state index in [-0.39, 0.29) is 11.4 Å². The Labute approximate surface area is 110 Å². The van der Waals surface area contributed by atoms with Crippen molar-refractivity contribution < 1.29 is 13.2 Å². The number of benzene rings is 2. The fourth-order valence-electron chi connectivity index (χ4n) is 1.86. The summed E-state index contributed by atoms with van der Waals surface area (Å²) in [7, 11) is 0. The van der Waals surface area contributed by atoms with Gasteiger partial charge in [-0.3, -0.25) is 0 Å².